The average molecular weight is 311 g/mol. The number of esters is 1. The Morgan fingerprint density at radius 3 is 2.52 bits per heavy atom. The molecule has 0 spiro atoms. The van der Waals surface area contributed by atoms with E-state index < -0.39 is 0 Å². The number of para-hydroxylation sites is 1. The van der Waals surface area contributed by atoms with Crippen molar-refractivity contribution in [2.75, 3.05) is 18.5 Å². The third kappa shape index (κ3) is 5.78. The molecule has 0 aliphatic rings. The number of carbonyl (C=O) groups excluding carboxylic acids is 1. The molecule has 0 saturated heterocycles. The van der Waals surface area contributed by atoms with Gasteiger partial charge in [-0.1, -0.05) is 49.7 Å². The van der Waals surface area contributed by atoms with Gasteiger partial charge < -0.3 is 10.1 Å². The molecule has 0 heterocycles. The molecular formula is C20H25NO2. The highest BCUT2D eigenvalue weighted by atomic mass is 16.5. The Morgan fingerprint density at radius 1 is 1.00 bits per heavy atom. The van der Waals surface area contributed by atoms with E-state index in [1.807, 2.05) is 54.6 Å². The van der Waals surface area contributed by atoms with E-state index in [-0.39, 0.29) is 5.97 Å². The van der Waals surface area contributed by atoms with Crippen molar-refractivity contribution < 1.29 is 9.53 Å². The molecule has 0 aliphatic heterocycles. The summed E-state index contributed by atoms with van der Waals surface area (Å²) in [5.41, 5.74) is 2.88. The number of anilines is 1. The molecule has 0 bridgehead atoms. The minimum absolute atomic E-state index is 0.212. The van der Waals surface area contributed by atoms with Crippen molar-refractivity contribution in [2.45, 2.75) is 32.6 Å². The fourth-order valence-corrected chi connectivity index (χ4v) is 2.41. The van der Waals surface area contributed by atoms with E-state index in [9.17, 15) is 4.79 Å². The van der Waals surface area contributed by atoms with Crippen LogP contribution in [0, 0.1) is 0 Å². The van der Waals surface area contributed by atoms with Gasteiger partial charge in [-0.25, -0.2) is 4.79 Å². The van der Waals surface area contributed by atoms with Crippen molar-refractivity contribution in [3.63, 3.8) is 0 Å². The predicted octanol–water partition coefficient (Wildman–Crippen LogP) is 4.69. The Bertz CT molecular complexity index is 596. The monoisotopic (exact) mass is 311 g/mol. The van der Waals surface area contributed by atoms with Crippen molar-refractivity contribution in [1.29, 1.82) is 0 Å². The van der Waals surface area contributed by atoms with Gasteiger partial charge in [0.05, 0.1) is 12.2 Å². The normalized spacial score (nSPS) is 10.3. The van der Waals surface area contributed by atoms with E-state index in [1.165, 1.54) is 0 Å². The van der Waals surface area contributed by atoms with Crippen LogP contribution >= 0.6 is 0 Å². The van der Waals surface area contributed by atoms with Crippen LogP contribution in [-0.4, -0.2) is 19.1 Å². The second-order valence-corrected chi connectivity index (χ2v) is 5.54. The first-order valence-corrected chi connectivity index (χ1v) is 8.35. The Hall–Kier alpha value is -2.29. The van der Waals surface area contributed by atoms with Crippen molar-refractivity contribution in [2.24, 2.45) is 0 Å². The van der Waals surface area contributed by atoms with Crippen LogP contribution in [-0.2, 0) is 11.2 Å². The number of aryl methyl sites for hydroxylation is 1. The van der Waals surface area contributed by atoms with Crippen molar-refractivity contribution >= 4 is 11.7 Å². The number of hydrogen-bond donors (Lipinski definition) is 1. The van der Waals surface area contributed by atoms with E-state index in [0.717, 1.165) is 43.5 Å². The number of rotatable bonds is 9. The highest BCUT2D eigenvalue weighted by Crippen LogP contribution is 2.13. The summed E-state index contributed by atoms with van der Waals surface area (Å²) in [7, 11) is 0. The molecule has 0 saturated carbocycles. The van der Waals surface area contributed by atoms with Gasteiger partial charge in [-0.15, -0.1) is 0 Å². The minimum atomic E-state index is -0.212. The van der Waals surface area contributed by atoms with Crippen LogP contribution in [0.5, 0.6) is 0 Å². The van der Waals surface area contributed by atoms with Crippen LogP contribution in [0.2, 0.25) is 0 Å². The summed E-state index contributed by atoms with van der Waals surface area (Å²) in [6.45, 7) is 3.37. The minimum Gasteiger partial charge on any atom is -0.462 e. The third-order valence-corrected chi connectivity index (χ3v) is 3.69. The number of hydrogen-bond acceptors (Lipinski definition) is 3. The van der Waals surface area contributed by atoms with Gasteiger partial charge in [0.2, 0.25) is 0 Å². The zero-order valence-corrected chi connectivity index (χ0v) is 13.8. The largest absolute Gasteiger partial charge is 0.462 e. The first-order chi connectivity index (χ1) is 11.3. The van der Waals surface area contributed by atoms with Crippen LogP contribution in [0.1, 0.15) is 42.1 Å². The lowest BCUT2D eigenvalue weighted by atomic mass is 10.0. The molecule has 0 fully saturated rings. The van der Waals surface area contributed by atoms with Gasteiger partial charge in [0, 0.05) is 12.2 Å². The zero-order valence-electron chi connectivity index (χ0n) is 13.8. The molecule has 122 valence electrons. The number of benzene rings is 2. The van der Waals surface area contributed by atoms with Gasteiger partial charge >= 0.3 is 5.97 Å². The molecule has 0 aromatic heterocycles. The lowest BCUT2D eigenvalue weighted by Gasteiger charge is -2.10. The second-order valence-electron chi connectivity index (χ2n) is 5.54. The highest BCUT2D eigenvalue weighted by Gasteiger charge is 2.11. The van der Waals surface area contributed by atoms with Crippen LogP contribution in [0.25, 0.3) is 0 Å². The Morgan fingerprint density at radius 2 is 1.74 bits per heavy atom. The molecule has 1 N–H and O–H groups in total. The van der Waals surface area contributed by atoms with Gasteiger partial charge in [0.15, 0.2) is 0 Å². The highest BCUT2D eigenvalue weighted by molar-refractivity contribution is 5.91. The predicted molar refractivity (Wildman–Crippen MR) is 94.9 cm³/mol. The maximum absolute atomic E-state index is 12.2. The summed E-state index contributed by atoms with van der Waals surface area (Å²) in [5, 5.41) is 3.31. The molecule has 0 aliphatic carbocycles. The first kappa shape index (κ1) is 17.1. The number of nitrogens with one attached hydrogen (secondary N) is 1. The van der Waals surface area contributed by atoms with E-state index in [4.69, 9.17) is 4.74 Å². The Labute approximate surface area is 138 Å². The van der Waals surface area contributed by atoms with Gasteiger partial charge in [-0.05, 0) is 43.0 Å². The van der Waals surface area contributed by atoms with E-state index in [0.29, 0.717) is 12.2 Å². The lowest BCUT2D eigenvalue weighted by molar-refractivity contribution is 0.0502. The zero-order chi connectivity index (χ0) is 16.3. The molecule has 2 aromatic rings. The average Bonchev–Trinajstić information content (AvgIpc) is 2.60. The first-order valence-electron chi connectivity index (χ1n) is 8.35. The van der Waals surface area contributed by atoms with Crippen LogP contribution in [0.3, 0.4) is 0 Å². The SMILES string of the molecule is CCCCc1ccccc1C(=O)OCCCNc1ccccc1. The van der Waals surface area contributed by atoms with Gasteiger partial charge in [-0.2, -0.15) is 0 Å². The molecular weight excluding hydrogens is 286 g/mol. The Kier molecular flexibility index (Phi) is 7.18. The fraction of sp³-hybridized carbons (Fsp3) is 0.350. The molecule has 0 atom stereocenters. The maximum atomic E-state index is 12.2. The number of ether oxygens (including phenoxy) is 1. The molecule has 2 aromatic carbocycles. The standard InChI is InChI=1S/C20H25NO2/c1-2-3-10-17-11-7-8-14-19(17)20(22)23-16-9-15-21-18-12-5-4-6-13-18/h4-8,11-14,21H,2-3,9-10,15-16H2,1H3. The van der Waals surface area contributed by atoms with Crippen LogP contribution < -0.4 is 5.32 Å². The van der Waals surface area contributed by atoms with E-state index in [1.54, 1.807) is 0 Å². The van der Waals surface area contributed by atoms with Crippen molar-refractivity contribution in [3.05, 3.63) is 65.7 Å². The summed E-state index contributed by atoms with van der Waals surface area (Å²) in [6.07, 6.45) is 3.93. The van der Waals surface area contributed by atoms with Crippen molar-refractivity contribution in [1.82, 2.24) is 0 Å². The van der Waals surface area contributed by atoms with Crippen molar-refractivity contribution in [3.8, 4) is 0 Å². The lowest BCUT2D eigenvalue weighted by Crippen LogP contribution is -2.12. The van der Waals surface area contributed by atoms with Crippen LogP contribution in [0.15, 0.2) is 54.6 Å². The molecule has 0 radical (unpaired) electrons. The fourth-order valence-electron chi connectivity index (χ4n) is 2.41. The summed E-state index contributed by atoms with van der Waals surface area (Å²) in [6, 6.07) is 17.8. The Balaban J connectivity index is 1.74. The van der Waals surface area contributed by atoms with Crippen LogP contribution in [0.4, 0.5) is 5.69 Å². The third-order valence-electron chi connectivity index (χ3n) is 3.69. The van der Waals surface area contributed by atoms with Gasteiger partial charge in [0.1, 0.15) is 0 Å². The summed E-state index contributed by atoms with van der Waals surface area (Å²) in [5.74, 6) is -0.212. The molecule has 3 heteroatoms. The van der Waals surface area contributed by atoms with Gasteiger partial charge in [0.25, 0.3) is 0 Å². The quantitative estimate of drug-likeness (QED) is 0.539. The number of unbranched alkanes of at least 4 members (excludes halogenated alkanes) is 1. The molecule has 2 rings (SSSR count). The molecule has 3 nitrogen and oxygen atoms in total. The van der Waals surface area contributed by atoms with Gasteiger partial charge in [-0.3, -0.25) is 0 Å². The maximum Gasteiger partial charge on any atom is 0.338 e. The summed E-state index contributed by atoms with van der Waals surface area (Å²) >= 11 is 0. The van der Waals surface area contributed by atoms with E-state index in [2.05, 4.69) is 12.2 Å². The summed E-state index contributed by atoms with van der Waals surface area (Å²) < 4.78 is 5.41. The molecule has 0 unspecified atom stereocenters. The smallest absolute Gasteiger partial charge is 0.338 e. The summed E-state index contributed by atoms with van der Waals surface area (Å²) in [4.78, 5) is 12.2. The number of carbonyl (C=O) groups is 1. The van der Waals surface area contributed by atoms with E-state index >= 15 is 0 Å². The molecule has 23 heavy (non-hydrogen) atoms. The second kappa shape index (κ2) is 9.67. The topological polar surface area (TPSA) is 38.3 Å². The molecule has 0 amide bonds.